The Bertz CT molecular complexity index is 861. The summed E-state index contributed by atoms with van der Waals surface area (Å²) in [7, 11) is -5.81. The fourth-order valence-corrected chi connectivity index (χ4v) is 6.36. The SMILES string of the molecule is C=CCOC(=O)C1=C(COS(C)(=O)=O)S[C@@H]2[C@@H]([C@@H](C)O[Si](C)(C)C(C)(C)C)C(=O)N12. The first kappa shape index (κ1) is 25.1. The molecule has 1 saturated heterocycles. The molecule has 2 heterocycles. The number of amides is 1. The van der Waals surface area contributed by atoms with E-state index in [0.29, 0.717) is 4.91 Å². The Labute approximate surface area is 184 Å². The van der Waals surface area contributed by atoms with Gasteiger partial charge >= 0.3 is 5.97 Å². The van der Waals surface area contributed by atoms with Crippen LogP contribution >= 0.6 is 11.8 Å². The summed E-state index contributed by atoms with van der Waals surface area (Å²) < 4.78 is 39.2. The van der Waals surface area contributed by atoms with E-state index in [1.807, 2.05) is 6.92 Å². The average molecular weight is 478 g/mol. The zero-order valence-electron chi connectivity index (χ0n) is 18.6. The van der Waals surface area contributed by atoms with E-state index < -0.39 is 30.3 Å². The molecule has 11 heteroatoms. The molecule has 1 fully saturated rings. The summed E-state index contributed by atoms with van der Waals surface area (Å²) >= 11 is 1.25. The Morgan fingerprint density at radius 1 is 1.37 bits per heavy atom. The highest BCUT2D eigenvalue weighted by Gasteiger charge is 2.59. The number of esters is 1. The van der Waals surface area contributed by atoms with Crippen LogP contribution in [-0.4, -0.2) is 64.5 Å². The van der Waals surface area contributed by atoms with Crippen LogP contribution in [0.4, 0.5) is 0 Å². The van der Waals surface area contributed by atoms with Gasteiger partial charge in [-0.2, -0.15) is 8.42 Å². The summed E-state index contributed by atoms with van der Waals surface area (Å²) in [4.78, 5) is 27.3. The van der Waals surface area contributed by atoms with Crippen molar-refractivity contribution in [1.29, 1.82) is 0 Å². The molecule has 0 aromatic rings. The molecule has 0 aliphatic carbocycles. The Balaban J connectivity index is 2.24. The molecule has 0 aromatic heterocycles. The van der Waals surface area contributed by atoms with Crippen LogP contribution in [0.1, 0.15) is 27.7 Å². The molecule has 0 bridgehead atoms. The predicted octanol–water partition coefficient (Wildman–Crippen LogP) is 2.85. The van der Waals surface area contributed by atoms with Crippen LogP contribution in [0.15, 0.2) is 23.3 Å². The van der Waals surface area contributed by atoms with E-state index in [2.05, 4.69) is 40.4 Å². The summed E-state index contributed by atoms with van der Waals surface area (Å²) in [5.41, 5.74) is 0.0382. The maximum Gasteiger partial charge on any atom is 0.356 e. The van der Waals surface area contributed by atoms with Crippen LogP contribution in [0, 0.1) is 5.92 Å². The summed E-state index contributed by atoms with van der Waals surface area (Å²) in [6.45, 7) is 15.6. The molecule has 0 spiro atoms. The average Bonchev–Trinajstić information content (AvgIpc) is 2.90. The normalized spacial score (nSPS) is 23.2. The number of β-lactam (4-membered cyclic amide) rings is 1. The standard InChI is InChI=1S/C19H31NO7S2Si/c1-9-10-25-18(22)15-13(11-26-29(6,23)24)28-17-14(16(21)20(15)17)12(2)27-30(7,8)19(3,4)5/h9,12,14,17H,1,10-11H2,2-8H3/t12-,14+,17-/m1/s1. The topological polar surface area (TPSA) is 99.2 Å². The van der Waals surface area contributed by atoms with Gasteiger partial charge in [-0.05, 0) is 25.1 Å². The zero-order valence-corrected chi connectivity index (χ0v) is 21.2. The number of rotatable bonds is 9. The van der Waals surface area contributed by atoms with Crippen LogP contribution in [0.2, 0.25) is 18.1 Å². The lowest BCUT2D eigenvalue weighted by Gasteiger charge is -2.48. The number of nitrogens with zero attached hydrogens (tertiary/aromatic N) is 1. The maximum atomic E-state index is 13.0. The van der Waals surface area contributed by atoms with Gasteiger partial charge in [0.15, 0.2) is 8.32 Å². The summed E-state index contributed by atoms with van der Waals surface area (Å²) in [5.74, 6) is -1.39. The van der Waals surface area contributed by atoms with Crippen LogP contribution in [0.5, 0.6) is 0 Å². The quantitative estimate of drug-likeness (QED) is 0.164. The molecule has 2 aliphatic rings. The fraction of sp³-hybridized carbons (Fsp3) is 0.684. The number of ether oxygens (including phenoxy) is 1. The van der Waals surface area contributed by atoms with Crippen molar-refractivity contribution in [3.63, 3.8) is 0 Å². The van der Waals surface area contributed by atoms with Gasteiger partial charge in [0, 0.05) is 4.91 Å². The van der Waals surface area contributed by atoms with Crippen molar-refractivity contribution < 1.29 is 31.4 Å². The van der Waals surface area contributed by atoms with Gasteiger partial charge in [-0.1, -0.05) is 45.2 Å². The molecule has 170 valence electrons. The third-order valence-corrected chi connectivity index (χ3v) is 12.0. The van der Waals surface area contributed by atoms with Gasteiger partial charge in [-0.15, -0.1) is 0 Å². The molecule has 0 unspecified atom stereocenters. The minimum absolute atomic E-state index is 0.0110. The fourth-order valence-electron chi connectivity index (χ4n) is 3.01. The van der Waals surface area contributed by atoms with Crippen LogP contribution < -0.4 is 0 Å². The van der Waals surface area contributed by atoms with Crippen molar-refractivity contribution in [3.8, 4) is 0 Å². The summed E-state index contributed by atoms with van der Waals surface area (Å²) in [6.07, 6.45) is 2.01. The van der Waals surface area contributed by atoms with Crippen LogP contribution in [0.25, 0.3) is 0 Å². The van der Waals surface area contributed by atoms with Crippen LogP contribution in [0.3, 0.4) is 0 Å². The second-order valence-electron chi connectivity index (χ2n) is 8.95. The zero-order chi connectivity index (χ0) is 23.1. The molecule has 2 rings (SSSR count). The number of hydrogen-bond donors (Lipinski definition) is 0. The van der Waals surface area contributed by atoms with Crippen molar-refractivity contribution in [3.05, 3.63) is 23.3 Å². The van der Waals surface area contributed by atoms with Gasteiger partial charge in [0.25, 0.3) is 10.1 Å². The van der Waals surface area contributed by atoms with Gasteiger partial charge in [0.1, 0.15) is 17.7 Å². The smallest absolute Gasteiger partial charge is 0.356 e. The first-order chi connectivity index (χ1) is 13.6. The first-order valence-corrected chi connectivity index (χ1v) is 15.2. The lowest BCUT2D eigenvalue weighted by molar-refractivity contribution is -0.157. The monoisotopic (exact) mass is 477 g/mol. The van der Waals surface area contributed by atoms with E-state index in [1.54, 1.807) is 0 Å². The molecule has 2 aliphatic heterocycles. The van der Waals surface area contributed by atoms with Crippen molar-refractivity contribution in [2.24, 2.45) is 5.92 Å². The van der Waals surface area contributed by atoms with Gasteiger partial charge in [-0.25, -0.2) is 4.79 Å². The summed E-state index contributed by atoms with van der Waals surface area (Å²) in [6, 6.07) is 0. The molecule has 0 aromatic carbocycles. The van der Waals surface area contributed by atoms with Crippen molar-refractivity contribution in [2.45, 2.75) is 57.3 Å². The van der Waals surface area contributed by atoms with Gasteiger partial charge < -0.3 is 9.16 Å². The van der Waals surface area contributed by atoms with Crippen molar-refractivity contribution in [1.82, 2.24) is 4.90 Å². The molecule has 0 N–H and O–H groups in total. The van der Waals surface area contributed by atoms with E-state index in [0.717, 1.165) is 6.26 Å². The van der Waals surface area contributed by atoms with Gasteiger partial charge in [0.2, 0.25) is 5.91 Å². The highest BCUT2D eigenvalue weighted by atomic mass is 32.2. The maximum absolute atomic E-state index is 13.0. The highest BCUT2D eigenvalue weighted by molar-refractivity contribution is 8.04. The molecule has 3 atom stereocenters. The number of carbonyl (C=O) groups excluding carboxylic acids is 2. The van der Waals surface area contributed by atoms with E-state index in [4.69, 9.17) is 13.3 Å². The number of fused-ring (bicyclic) bond motifs is 1. The molecule has 0 saturated carbocycles. The minimum atomic E-state index is -3.71. The molecular formula is C19H31NO7S2Si. The lowest BCUT2D eigenvalue weighted by atomic mass is 9.92. The Kier molecular flexibility index (Phi) is 7.35. The van der Waals surface area contributed by atoms with Crippen molar-refractivity contribution >= 4 is 42.1 Å². The second-order valence-corrected chi connectivity index (χ2v) is 16.6. The van der Waals surface area contributed by atoms with Gasteiger partial charge in [-0.3, -0.25) is 13.9 Å². The van der Waals surface area contributed by atoms with Gasteiger partial charge in [0.05, 0.1) is 24.9 Å². The third kappa shape index (κ3) is 5.18. The third-order valence-electron chi connectivity index (χ3n) is 5.57. The van der Waals surface area contributed by atoms with E-state index >= 15 is 0 Å². The molecule has 0 radical (unpaired) electrons. The van der Waals surface area contributed by atoms with E-state index in [1.165, 1.54) is 22.7 Å². The predicted molar refractivity (Wildman–Crippen MR) is 118 cm³/mol. The molecule has 1 amide bonds. The lowest BCUT2D eigenvalue weighted by Crippen LogP contribution is -2.62. The van der Waals surface area contributed by atoms with Crippen molar-refractivity contribution in [2.75, 3.05) is 19.5 Å². The first-order valence-electron chi connectivity index (χ1n) is 9.64. The Hall–Kier alpha value is -1.14. The number of thioether (sulfide) groups is 1. The molecular weight excluding hydrogens is 446 g/mol. The second kappa shape index (κ2) is 8.77. The van der Waals surface area contributed by atoms with Crippen LogP contribution in [-0.2, 0) is 33.1 Å². The molecule has 8 nitrogen and oxygen atoms in total. The Morgan fingerprint density at radius 3 is 2.47 bits per heavy atom. The van der Waals surface area contributed by atoms with E-state index in [-0.39, 0.29) is 41.3 Å². The van der Waals surface area contributed by atoms with E-state index in [9.17, 15) is 18.0 Å². The molecule has 30 heavy (non-hydrogen) atoms. The number of hydrogen-bond acceptors (Lipinski definition) is 8. The Morgan fingerprint density at radius 2 is 1.97 bits per heavy atom. The number of carbonyl (C=O) groups is 2. The minimum Gasteiger partial charge on any atom is -0.457 e. The highest BCUT2D eigenvalue weighted by Crippen LogP contribution is 2.52. The largest absolute Gasteiger partial charge is 0.457 e. The summed E-state index contributed by atoms with van der Waals surface area (Å²) in [5, 5.41) is -0.370.